The first-order chi connectivity index (χ1) is 27.5. The molecular weight excluding hydrogens is 732 g/mol. The fourth-order valence-corrected chi connectivity index (χ4v) is 5.36. The first-order valence-electron chi connectivity index (χ1n) is 18.3. The van der Waals surface area contributed by atoms with E-state index in [2.05, 4.69) is 21.3 Å². The largest absolute Gasteiger partial charge is 0.497 e. The fourth-order valence-electron chi connectivity index (χ4n) is 5.36. The second-order valence-corrected chi connectivity index (χ2v) is 12.7. The van der Waals surface area contributed by atoms with Crippen LogP contribution in [0.2, 0.25) is 0 Å². The van der Waals surface area contributed by atoms with Crippen molar-refractivity contribution in [3.8, 4) is 11.5 Å². The molecule has 0 aliphatic rings. The summed E-state index contributed by atoms with van der Waals surface area (Å²) in [4.78, 5) is 71.4. The number of carboxylic acid groups (broad SMARTS) is 1. The third kappa shape index (κ3) is 17.5. The maximum atomic E-state index is 12.2. The van der Waals surface area contributed by atoms with Gasteiger partial charge in [0, 0.05) is 25.7 Å². The van der Waals surface area contributed by atoms with Gasteiger partial charge >= 0.3 is 11.9 Å². The number of carbonyl (C=O) groups is 6. The number of ether oxygens (including phenoxy) is 3. The van der Waals surface area contributed by atoms with Crippen LogP contribution in [0.15, 0.2) is 109 Å². The number of benzene rings is 4. The summed E-state index contributed by atoms with van der Waals surface area (Å²) in [6.07, 6.45) is 2.05. The summed E-state index contributed by atoms with van der Waals surface area (Å²) in [6, 6.07) is 31.3. The molecule has 14 nitrogen and oxygen atoms in total. The van der Waals surface area contributed by atoms with Gasteiger partial charge in [0.1, 0.15) is 23.6 Å². The Bertz CT molecular complexity index is 1870. The molecule has 5 N–H and O–H groups in total. The lowest BCUT2D eigenvalue weighted by atomic mass is 10.1. The highest BCUT2D eigenvalue weighted by Crippen LogP contribution is 2.14. The van der Waals surface area contributed by atoms with E-state index in [1.165, 1.54) is 7.11 Å². The minimum Gasteiger partial charge on any atom is -0.497 e. The summed E-state index contributed by atoms with van der Waals surface area (Å²) >= 11 is 0. The number of nitrogens with one attached hydrogen (secondary N) is 4. The molecule has 0 heterocycles. The SMILES string of the molecule is COC(=O)C(Cc1ccccc1)NC(=O)CNC(=O)CCc1ccc(OC)cc1.COc1ccc(CCC(=O)NCC(=O)NC(Cc2ccccc2)C(=O)O)cc1. The molecule has 302 valence electrons. The molecule has 14 heteroatoms. The Morgan fingerprint density at radius 2 is 0.895 bits per heavy atom. The average molecular weight is 783 g/mol. The zero-order chi connectivity index (χ0) is 41.4. The molecule has 0 saturated heterocycles. The molecule has 4 amide bonds. The minimum atomic E-state index is -1.12. The molecule has 4 rings (SSSR count). The standard InChI is InChI=1S/C22H26N2O5.C21H24N2O5/c1-28-18-11-8-16(9-12-18)10-13-20(25)23-15-21(26)24-19(22(27)29-2)14-17-6-4-3-5-7-17;1-28-17-10-7-15(8-11-17)9-12-19(24)22-14-20(25)23-18(21(26)27)13-16-5-3-2-4-6-16/h3-9,11-12,19H,10,13-15H2,1-2H3,(H,23,25)(H,24,26);2-8,10-11,18H,9,12-14H2,1H3,(H,22,24)(H,23,25)(H,26,27). The fraction of sp³-hybridized carbons (Fsp3) is 0.302. The van der Waals surface area contributed by atoms with Gasteiger partial charge in [-0.05, 0) is 59.4 Å². The molecular formula is C43H50N4O10. The maximum Gasteiger partial charge on any atom is 0.328 e. The van der Waals surface area contributed by atoms with E-state index in [9.17, 15) is 33.9 Å². The summed E-state index contributed by atoms with van der Waals surface area (Å²) in [5, 5.41) is 19.4. The van der Waals surface area contributed by atoms with E-state index in [1.807, 2.05) is 84.9 Å². The highest BCUT2D eigenvalue weighted by molar-refractivity contribution is 5.89. The van der Waals surface area contributed by atoms with Crippen molar-refractivity contribution in [1.29, 1.82) is 0 Å². The Labute approximate surface area is 332 Å². The molecule has 0 aromatic heterocycles. The van der Waals surface area contributed by atoms with Gasteiger partial charge in [-0.25, -0.2) is 9.59 Å². The predicted octanol–water partition coefficient (Wildman–Crippen LogP) is 3.20. The van der Waals surface area contributed by atoms with E-state index in [0.29, 0.717) is 19.3 Å². The van der Waals surface area contributed by atoms with Crippen LogP contribution in [0.5, 0.6) is 11.5 Å². The van der Waals surface area contributed by atoms with E-state index in [4.69, 9.17) is 14.2 Å². The van der Waals surface area contributed by atoms with Crippen LogP contribution in [-0.4, -0.2) is 87.2 Å². The van der Waals surface area contributed by atoms with Crippen molar-refractivity contribution in [2.45, 2.75) is 50.6 Å². The van der Waals surface area contributed by atoms with Gasteiger partial charge < -0.3 is 40.6 Å². The van der Waals surface area contributed by atoms with Crippen molar-refractivity contribution in [2.24, 2.45) is 0 Å². The van der Waals surface area contributed by atoms with Gasteiger partial charge in [0.15, 0.2) is 0 Å². The second kappa shape index (κ2) is 24.7. The topological polar surface area (TPSA) is 198 Å². The molecule has 0 radical (unpaired) electrons. The molecule has 57 heavy (non-hydrogen) atoms. The number of carboxylic acids is 1. The molecule has 0 aliphatic heterocycles. The summed E-state index contributed by atoms with van der Waals surface area (Å²) in [5.74, 6) is -1.67. The summed E-state index contributed by atoms with van der Waals surface area (Å²) < 4.78 is 14.9. The first kappa shape index (κ1) is 44.7. The van der Waals surface area contributed by atoms with Crippen LogP contribution in [-0.2, 0) is 59.2 Å². The summed E-state index contributed by atoms with van der Waals surface area (Å²) in [7, 11) is 4.45. The molecule has 0 spiro atoms. The van der Waals surface area contributed by atoms with E-state index in [0.717, 1.165) is 33.8 Å². The lowest BCUT2D eigenvalue weighted by molar-refractivity contribution is -0.145. The van der Waals surface area contributed by atoms with Crippen LogP contribution in [0.1, 0.15) is 35.1 Å². The maximum absolute atomic E-state index is 12.2. The lowest BCUT2D eigenvalue weighted by Crippen LogP contribution is -2.47. The summed E-state index contributed by atoms with van der Waals surface area (Å²) in [5.41, 5.74) is 3.68. The third-order valence-electron chi connectivity index (χ3n) is 8.51. The number of methoxy groups -OCH3 is 3. The highest BCUT2D eigenvalue weighted by Gasteiger charge is 2.22. The minimum absolute atomic E-state index is 0.174. The number of esters is 1. The Balaban J connectivity index is 0.000000306. The van der Waals surface area contributed by atoms with Crippen molar-refractivity contribution in [3.05, 3.63) is 131 Å². The molecule has 4 aromatic rings. The van der Waals surface area contributed by atoms with Gasteiger partial charge in [-0.2, -0.15) is 0 Å². The Morgan fingerprint density at radius 3 is 1.26 bits per heavy atom. The van der Waals surface area contributed by atoms with Gasteiger partial charge in [0.25, 0.3) is 0 Å². The Hall–Kier alpha value is -6.70. The number of hydrogen-bond donors (Lipinski definition) is 5. The Morgan fingerprint density at radius 1 is 0.509 bits per heavy atom. The van der Waals surface area contributed by atoms with Gasteiger partial charge in [-0.1, -0.05) is 84.9 Å². The van der Waals surface area contributed by atoms with Crippen LogP contribution >= 0.6 is 0 Å². The van der Waals surface area contributed by atoms with Crippen molar-refractivity contribution in [3.63, 3.8) is 0 Å². The van der Waals surface area contributed by atoms with Crippen LogP contribution in [0.25, 0.3) is 0 Å². The molecule has 0 saturated carbocycles. The normalized spacial score (nSPS) is 11.3. The highest BCUT2D eigenvalue weighted by atomic mass is 16.5. The van der Waals surface area contributed by atoms with Crippen LogP contribution in [0.4, 0.5) is 0 Å². The van der Waals surface area contributed by atoms with E-state index in [-0.39, 0.29) is 44.2 Å². The van der Waals surface area contributed by atoms with Gasteiger partial charge in [0.05, 0.1) is 34.4 Å². The molecule has 0 bridgehead atoms. The quantitative estimate of drug-likeness (QED) is 0.0831. The smallest absolute Gasteiger partial charge is 0.328 e. The van der Waals surface area contributed by atoms with Gasteiger partial charge in [-0.3, -0.25) is 19.2 Å². The first-order valence-corrected chi connectivity index (χ1v) is 18.3. The lowest BCUT2D eigenvalue weighted by Gasteiger charge is -2.17. The van der Waals surface area contributed by atoms with E-state index < -0.39 is 35.8 Å². The number of hydrogen-bond acceptors (Lipinski definition) is 9. The monoisotopic (exact) mass is 782 g/mol. The zero-order valence-corrected chi connectivity index (χ0v) is 32.3. The van der Waals surface area contributed by atoms with Crippen LogP contribution in [0.3, 0.4) is 0 Å². The molecule has 0 fully saturated rings. The molecule has 2 atom stereocenters. The van der Waals surface area contributed by atoms with Crippen LogP contribution in [0, 0.1) is 0 Å². The number of carbonyl (C=O) groups excluding carboxylic acids is 5. The third-order valence-corrected chi connectivity index (χ3v) is 8.51. The predicted molar refractivity (Wildman–Crippen MR) is 212 cm³/mol. The number of aliphatic carboxylic acids is 1. The van der Waals surface area contributed by atoms with Crippen LogP contribution < -0.4 is 30.7 Å². The van der Waals surface area contributed by atoms with Crippen molar-refractivity contribution in [2.75, 3.05) is 34.4 Å². The average Bonchev–Trinajstić information content (AvgIpc) is 3.24. The van der Waals surface area contributed by atoms with E-state index in [1.54, 1.807) is 38.5 Å². The summed E-state index contributed by atoms with van der Waals surface area (Å²) in [6.45, 7) is -0.469. The van der Waals surface area contributed by atoms with Crippen molar-refractivity contribution < 1.29 is 48.1 Å². The number of amides is 4. The van der Waals surface area contributed by atoms with Crippen molar-refractivity contribution in [1.82, 2.24) is 21.3 Å². The Kier molecular flexibility index (Phi) is 19.3. The second-order valence-electron chi connectivity index (χ2n) is 12.7. The van der Waals surface area contributed by atoms with Gasteiger partial charge in [-0.15, -0.1) is 0 Å². The van der Waals surface area contributed by atoms with Crippen molar-refractivity contribution >= 4 is 35.6 Å². The molecule has 0 aliphatic carbocycles. The van der Waals surface area contributed by atoms with E-state index >= 15 is 0 Å². The van der Waals surface area contributed by atoms with Gasteiger partial charge in [0.2, 0.25) is 23.6 Å². The zero-order valence-electron chi connectivity index (χ0n) is 32.3. The molecule has 4 aromatic carbocycles. The number of aryl methyl sites for hydroxylation is 2. The number of rotatable bonds is 20. The molecule has 2 unspecified atom stereocenters.